The van der Waals surface area contributed by atoms with Gasteiger partial charge in [0.25, 0.3) is 5.91 Å². The number of hydrogen-bond acceptors (Lipinski definition) is 4. The molecule has 0 spiro atoms. The average molecular weight is 398 g/mol. The second-order valence-electron chi connectivity index (χ2n) is 9.17. The lowest BCUT2D eigenvalue weighted by atomic mass is 9.93. The van der Waals surface area contributed by atoms with Crippen LogP contribution in [0.1, 0.15) is 52.0 Å². The largest absolute Gasteiger partial charge is 0.479 e. The summed E-state index contributed by atoms with van der Waals surface area (Å²) < 4.78 is 6.09. The first-order valence-corrected chi connectivity index (χ1v) is 11.1. The third kappa shape index (κ3) is 5.73. The molecule has 0 bridgehead atoms. The van der Waals surface area contributed by atoms with Crippen LogP contribution in [0.15, 0.2) is 24.3 Å². The van der Waals surface area contributed by atoms with Crippen LogP contribution >= 0.6 is 0 Å². The van der Waals surface area contributed by atoms with Gasteiger partial charge in [0.2, 0.25) is 0 Å². The van der Waals surface area contributed by atoms with Gasteiger partial charge in [0.15, 0.2) is 6.10 Å². The summed E-state index contributed by atoms with van der Waals surface area (Å²) in [6.45, 7) is 11.5. The molecule has 158 valence electrons. The normalized spacial score (nSPS) is 22.3. The van der Waals surface area contributed by atoms with Crippen molar-refractivity contribution < 1.29 is 9.53 Å². The molecule has 5 nitrogen and oxygen atoms in total. The van der Waals surface area contributed by atoms with Gasteiger partial charge in [-0.2, -0.15) is 5.26 Å². The van der Waals surface area contributed by atoms with Crippen LogP contribution < -0.4 is 4.74 Å². The molecular formula is C24H35N3O2. The molecule has 0 aliphatic carbocycles. The fraction of sp³-hybridized carbons (Fsp3) is 0.667. The van der Waals surface area contributed by atoms with Crippen molar-refractivity contribution in [1.29, 1.82) is 5.26 Å². The molecule has 2 aliphatic heterocycles. The van der Waals surface area contributed by atoms with Crippen LogP contribution in [0.2, 0.25) is 0 Å². The lowest BCUT2D eigenvalue weighted by molar-refractivity contribution is -0.142. The van der Waals surface area contributed by atoms with E-state index in [0.717, 1.165) is 32.0 Å². The van der Waals surface area contributed by atoms with Crippen molar-refractivity contribution in [3.63, 3.8) is 0 Å². The number of amides is 1. The highest BCUT2D eigenvalue weighted by Gasteiger charge is 2.33. The minimum absolute atomic E-state index is 0.0400. The molecule has 5 heteroatoms. The van der Waals surface area contributed by atoms with Crippen LogP contribution in [0.3, 0.4) is 0 Å². The van der Waals surface area contributed by atoms with Gasteiger partial charge in [-0.3, -0.25) is 4.79 Å². The highest BCUT2D eigenvalue weighted by molar-refractivity contribution is 5.81. The summed E-state index contributed by atoms with van der Waals surface area (Å²) in [7, 11) is 0. The third-order valence-electron chi connectivity index (χ3n) is 6.33. The summed E-state index contributed by atoms with van der Waals surface area (Å²) in [4.78, 5) is 17.9. The zero-order chi connectivity index (χ0) is 20.8. The summed E-state index contributed by atoms with van der Waals surface area (Å²) in [5.74, 6) is 1.98. The highest BCUT2D eigenvalue weighted by Crippen LogP contribution is 2.25. The summed E-state index contributed by atoms with van der Waals surface area (Å²) in [5.41, 5.74) is 0.474. The molecule has 0 aromatic heterocycles. The number of nitriles is 1. The molecule has 2 heterocycles. The zero-order valence-electron chi connectivity index (χ0n) is 18.1. The lowest BCUT2D eigenvalue weighted by Crippen LogP contribution is -2.50. The smallest absolute Gasteiger partial charge is 0.263 e. The van der Waals surface area contributed by atoms with Crippen molar-refractivity contribution in [1.82, 2.24) is 9.80 Å². The maximum absolute atomic E-state index is 13.3. The Balaban J connectivity index is 1.62. The van der Waals surface area contributed by atoms with E-state index in [1.165, 1.54) is 32.4 Å². The van der Waals surface area contributed by atoms with E-state index < -0.39 is 6.10 Å². The van der Waals surface area contributed by atoms with E-state index in [2.05, 4.69) is 17.9 Å². The van der Waals surface area contributed by atoms with Crippen molar-refractivity contribution >= 4 is 5.91 Å². The highest BCUT2D eigenvalue weighted by atomic mass is 16.5. The Morgan fingerprint density at radius 1 is 1.21 bits per heavy atom. The molecule has 0 N–H and O–H groups in total. The molecule has 1 aromatic carbocycles. The minimum Gasteiger partial charge on any atom is -0.479 e. The Hall–Kier alpha value is -2.06. The first kappa shape index (κ1) is 21.6. The Kier molecular flexibility index (Phi) is 7.55. The Morgan fingerprint density at radius 3 is 2.62 bits per heavy atom. The summed E-state index contributed by atoms with van der Waals surface area (Å²) >= 11 is 0. The first-order valence-electron chi connectivity index (χ1n) is 11.1. The zero-order valence-corrected chi connectivity index (χ0v) is 18.1. The van der Waals surface area contributed by atoms with Gasteiger partial charge >= 0.3 is 0 Å². The summed E-state index contributed by atoms with van der Waals surface area (Å²) in [6.07, 6.45) is 4.27. The van der Waals surface area contributed by atoms with Gasteiger partial charge in [-0.05, 0) is 68.7 Å². The number of carbonyl (C=O) groups excluding carboxylic acids is 1. The van der Waals surface area contributed by atoms with Crippen molar-refractivity contribution in [3.8, 4) is 11.8 Å². The standard InChI is InChI=1S/C24H35N3O2/c1-18(2)23(29-22-9-5-4-8-21(22)15-25)24(28)27-12-6-7-20(17-27)16-26-13-10-19(3)11-14-26/h4-5,8-9,18-20,23H,6-7,10-14,16-17H2,1-3H3. The number of rotatable bonds is 6. The van der Waals surface area contributed by atoms with Crippen LogP contribution in [0.4, 0.5) is 0 Å². The molecule has 1 amide bonds. The molecular weight excluding hydrogens is 362 g/mol. The van der Waals surface area contributed by atoms with Gasteiger partial charge in [-0.15, -0.1) is 0 Å². The third-order valence-corrected chi connectivity index (χ3v) is 6.33. The second kappa shape index (κ2) is 10.1. The summed E-state index contributed by atoms with van der Waals surface area (Å²) in [6, 6.07) is 9.32. The molecule has 2 unspecified atom stereocenters. The molecule has 3 rings (SSSR count). The van der Waals surface area contributed by atoms with Crippen LogP contribution in [0.25, 0.3) is 0 Å². The number of piperidine rings is 2. The van der Waals surface area contributed by atoms with Crippen LogP contribution in [-0.2, 0) is 4.79 Å². The van der Waals surface area contributed by atoms with Gasteiger partial charge in [0, 0.05) is 19.6 Å². The van der Waals surface area contributed by atoms with E-state index >= 15 is 0 Å². The SMILES string of the molecule is CC1CCN(CC2CCCN(C(=O)C(Oc3ccccc3C#N)C(C)C)C2)CC1. The molecule has 2 aliphatic rings. The van der Waals surface area contributed by atoms with Gasteiger partial charge in [-0.25, -0.2) is 0 Å². The van der Waals surface area contributed by atoms with E-state index in [1.54, 1.807) is 12.1 Å². The van der Waals surface area contributed by atoms with Gasteiger partial charge in [-0.1, -0.05) is 32.9 Å². The van der Waals surface area contributed by atoms with E-state index in [4.69, 9.17) is 4.74 Å². The van der Waals surface area contributed by atoms with E-state index in [-0.39, 0.29) is 11.8 Å². The van der Waals surface area contributed by atoms with Crippen LogP contribution in [0, 0.1) is 29.1 Å². The van der Waals surface area contributed by atoms with Crippen LogP contribution in [-0.4, -0.2) is 54.5 Å². The molecule has 0 radical (unpaired) electrons. The van der Waals surface area contributed by atoms with Gasteiger partial charge < -0.3 is 14.5 Å². The number of likely N-dealkylation sites (tertiary alicyclic amines) is 2. The quantitative estimate of drug-likeness (QED) is 0.730. The number of nitrogens with zero attached hydrogens (tertiary/aromatic N) is 3. The topological polar surface area (TPSA) is 56.6 Å². The maximum Gasteiger partial charge on any atom is 0.263 e. The van der Waals surface area contributed by atoms with Crippen molar-refractivity contribution in [2.24, 2.45) is 17.8 Å². The number of hydrogen-bond donors (Lipinski definition) is 0. The number of para-hydroxylation sites is 1. The van der Waals surface area contributed by atoms with E-state index in [9.17, 15) is 10.1 Å². The monoisotopic (exact) mass is 397 g/mol. The van der Waals surface area contributed by atoms with Crippen molar-refractivity contribution in [3.05, 3.63) is 29.8 Å². The Labute approximate surface area is 175 Å². The molecule has 2 fully saturated rings. The molecule has 0 saturated carbocycles. The van der Waals surface area contributed by atoms with Crippen LogP contribution in [0.5, 0.6) is 5.75 Å². The van der Waals surface area contributed by atoms with Gasteiger partial charge in [0.05, 0.1) is 5.56 Å². The predicted molar refractivity (Wildman–Crippen MR) is 115 cm³/mol. The maximum atomic E-state index is 13.3. The van der Waals surface area contributed by atoms with E-state index in [1.807, 2.05) is 30.9 Å². The van der Waals surface area contributed by atoms with Crippen molar-refractivity contribution in [2.45, 2.75) is 52.6 Å². The fourth-order valence-electron chi connectivity index (χ4n) is 4.47. The minimum atomic E-state index is -0.556. The van der Waals surface area contributed by atoms with Crippen molar-refractivity contribution in [2.75, 3.05) is 32.7 Å². The molecule has 2 atom stereocenters. The first-order chi connectivity index (χ1) is 14.0. The van der Waals surface area contributed by atoms with E-state index in [0.29, 0.717) is 17.2 Å². The predicted octanol–water partition coefficient (Wildman–Crippen LogP) is 3.93. The number of carbonyl (C=O) groups is 1. The number of benzene rings is 1. The fourth-order valence-corrected chi connectivity index (χ4v) is 4.47. The Morgan fingerprint density at radius 2 is 1.93 bits per heavy atom. The van der Waals surface area contributed by atoms with Gasteiger partial charge in [0.1, 0.15) is 11.8 Å². The second-order valence-corrected chi connectivity index (χ2v) is 9.17. The Bertz CT molecular complexity index is 719. The molecule has 1 aromatic rings. The molecule has 2 saturated heterocycles. The lowest BCUT2D eigenvalue weighted by Gasteiger charge is -2.39. The molecule has 29 heavy (non-hydrogen) atoms. The average Bonchev–Trinajstić information content (AvgIpc) is 2.73. The summed E-state index contributed by atoms with van der Waals surface area (Å²) in [5, 5.41) is 9.33. The number of ether oxygens (including phenoxy) is 1.